The summed E-state index contributed by atoms with van der Waals surface area (Å²) in [5, 5.41) is 11.9. The molecule has 0 aliphatic rings. The van der Waals surface area contributed by atoms with E-state index in [1.165, 1.54) is 18.4 Å². The molecule has 0 amide bonds. The number of hydrogen-bond acceptors (Lipinski definition) is 5. The number of carbonyl (C=O) groups is 2. The molecular formula is C11H15NO4S. The molecule has 0 aliphatic carbocycles. The van der Waals surface area contributed by atoms with Gasteiger partial charge >= 0.3 is 11.9 Å². The van der Waals surface area contributed by atoms with Gasteiger partial charge in [0.2, 0.25) is 0 Å². The van der Waals surface area contributed by atoms with Gasteiger partial charge < -0.3 is 15.2 Å². The van der Waals surface area contributed by atoms with Crippen molar-refractivity contribution in [3.8, 4) is 0 Å². The van der Waals surface area contributed by atoms with Crippen molar-refractivity contribution in [1.82, 2.24) is 5.32 Å². The zero-order valence-electron chi connectivity index (χ0n) is 9.78. The molecule has 5 nitrogen and oxygen atoms in total. The van der Waals surface area contributed by atoms with Crippen LogP contribution >= 0.6 is 11.3 Å². The van der Waals surface area contributed by atoms with Crippen LogP contribution in [0.15, 0.2) is 6.07 Å². The maximum Gasteiger partial charge on any atom is 0.345 e. The molecular weight excluding hydrogens is 242 g/mol. The molecule has 94 valence electrons. The molecule has 0 saturated heterocycles. The zero-order valence-corrected chi connectivity index (χ0v) is 10.6. The summed E-state index contributed by atoms with van der Waals surface area (Å²) < 4.78 is 4.51. The highest BCUT2D eigenvalue weighted by Crippen LogP contribution is 2.21. The summed E-state index contributed by atoms with van der Waals surface area (Å²) in [4.78, 5) is 22.9. The van der Waals surface area contributed by atoms with Gasteiger partial charge in [-0.2, -0.15) is 0 Å². The van der Waals surface area contributed by atoms with Crippen molar-refractivity contribution < 1.29 is 19.4 Å². The number of rotatable bonds is 6. The Kier molecular flexibility index (Phi) is 5.11. The lowest BCUT2D eigenvalue weighted by Crippen LogP contribution is -2.18. The topological polar surface area (TPSA) is 75.6 Å². The maximum atomic E-state index is 10.8. The number of aromatic carboxylic acids is 1. The normalized spacial score (nSPS) is 10.2. The Balaban J connectivity index is 2.41. The van der Waals surface area contributed by atoms with Crippen LogP contribution in [0.2, 0.25) is 0 Å². The molecule has 0 aromatic carbocycles. The summed E-state index contributed by atoms with van der Waals surface area (Å²) in [5.41, 5.74) is 0.956. The van der Waals surface area contributed by atoms with E-state index in [1.54, 1.807) is 6.07 Å². The first-order chi connectivity index (χ1) is 8.04. The van der Waals surface area contributed by atoms with Gasteiger partial charge in [-0.1, -0.05) is 0 Å². The van der Waals surface area contributed by atoms with Crippen LogP contribution in [0.5, 0.6) is 0 Å². The fourth-order valence-electron chi connectivity index (χ4n) is 1.32. The summed E-state index contributed by atoms with van der Waals surface area (Å²) in [7, 11) is 1.35. The van der Waals surface area contributed by atoms with Gasteiger partial charge in [-0.15, -0.1) is 11.3 Å². The number of methoxy groups -OCH3 is 1. The average Bonchev–Trinajstić information content (AvgIpc) is 2.66. The standard InChI is InChI=1S/C11H15NO4S/c1-7-8(5-9(17-7)11(14)15)6-12-4-3-10(13)16-2/h5,12H,3-4,6H2,1-2H3,(H,14,15). The minimum Gasteiger partial charge on any atom is -0.477 e. The highest BCUT2D eigenvalue weighted by molar-refractivity contribution is 7.14. The number of carbonyl (C=O) groups excluding carboxylic acids is 1. The highest BCUT2D eigenvalue weighted by Gasteiger charge is 2.10. The van der Waals surface area contributed by atoms with Gasteiger partial charge in [0.05, 0.1) is 13.5 Å². The molecule has 0 spiro atoms. The van der Waals surface area contributed by atoms with Gasteiger partial charge in [0.25, 0.3) is 0 Å². The summed E-state index contributed by atoms with van der Waals surface area (Å²) in [6, 6.07) is 1.66. The molecule has 6 heteroatoms. The summed E-state index contributed by atoms with van der Waals surface area (Å²) in [6.07, 6.45) is 0.311. The van der Waals surface area contributed by atoms with Gasteiger partial charge in [0, 0.05) is 18.0 Å². The van der Waals surface area contributed by atoms with Crippen molar-refractivity contribution in [2.45, 2.75) is 19.9 Å². The molecule has 1 aromatic heterocycles. The van der Waals surface area contributed by atoms with Gasteiger partial charge in [0.1, 0.15) is 4.88 Å². The highest BCUT2D eigenvalue weighted by atomic mass is 32.1. The number of esters is 1. The van der Waals surface area contributed by atoms with E-state index in [9.17, 15) is 9.59 Å². The molecule has 0 unspecified atom stereocenters. The second-order valence-corrected chi connectivity index (χ2v) is 4.76. The molecule has 2 N–H and O–H groups in total. The Hall–Kier alpha value is -1.40. The summed E-state index contributed by atoms with van der Waals surface area (Å²) >= 11 is 1.26. The minimum atomic E-state index is -0.904. The van der Waals surface area contributed by atoms with E-state index >= 15 is 0 Å². The molecule has 0 aliphatic heterocycles. The zero-order chi connectivity index (χ0) is 12.8. The molecule has 17 heavy (non-hydrogen) atoms. The van der Waals surface area contributed by atoms with E-state index in [0.29, 0.717) is 24.4 Å². The Labute approximate surface area is 103 Å². The number of nitrogens with one attached hydrogen (secondary N) is 1. The van der Waals surface area contributed by atoms with Crippen LogP contribution in [0.1, 0.15) is 26.5 Å². The van der Waals surface area contributed by atoms with Crippen LogP contribution in [-0.4, -0.2) is 30.7 Å². The van der Waals surface area contributed by atoms with Crippen molar-refractivity contribution in [1.29, 1.82) is 0 Å². The Bertz CT molecular complexity index is 414. The molecule has 0 bridgehead atoms. The van der Waals surface area contributed by atoms with Crippen molar-refractivity contribution in [3.05, 3.63) is 21.4 Å². The first kappa shape index (κ1) is 13.7. The van der Waals surface area contributed by atoms with E-state index in [-0.39, 0.29) is 5.97 Å². The Morgan fingerprint density at radius 3 is 2.76 bits per heavy atom. The van der Waals surface area contributed by atoms with E-state index in [1.807, 2.05) is 6.92 Å². The predicted molar refractivity (Wildman–Crippen MR) is 64.4 cm³/mol. The van der Waals surface area contributed by atoms with Crippen molar-refractivity contribution in [3.63, 3.8) is 0 Å². The van der Waals surface area contributed by atoms with Gasteiger partial charge in [-0.05, 0) is 18.6 Å². The third-order valence-electron chi connectivity index (χ3n) is 2.28. The van der Waals surface area contributed by atoms with Crippen LogP contribution in [-0.2, 0) is 16.1 Å². The maximum absolute atomic E-state index is 10.8. The fraction of sp³-hybridized carbons (Fsp3) is 0.455. The number of carboxylic acid groups (broad SMARTS) is 1. The first-order valence-electron chi connectivity index (χ1n) is 5.14. The second kappa shape index (κ2) is 6.36. The Morgan fingerprint density at radius 1 is 1.53 bits per heavy atom. The molecule has 0 saturated carbocycles. The lowest BCUT2D eigenvalue weighted by atomic mass is 10.2. The molecule has 1 heterocycles. The van der Waals surface area contributed by atoms with E-state index in [4.69, 9.17) is 5.11 Å². The van der Waals surface area contributed by atoms with Gasteiger partial charge in [-0.3, -0.25) is 4.79 Å². The van der Waals surface area contributed by atoms with Crippen molar-refractivity contribution in [2.24, 2.45) is 0 Å². The number of hydrogen-bond donors (Lipinski definition) is 2. The summed E-state index contributed by atoms with van der Waals surface area (Å²) in [6.45, 7) is 2.96. The van der Waals surface area contributed by atoms with Crippen molar-refractivity contribution >= 4 is 23.3 Å². The van der Waals surface area contributed by atoms with Crippen molar-refractivity contribution in [2.75, 3.05) is 13.7 Å². The van der Waals surface area contributed by atoms with Crippen LogP contribution < -0.4 is 5.32 Å². The monoisotopic (exact) mass is 257 g/mol. The van der Waals surface area contributed by atoms with E-state index in [0.717, 1.165) is 10.4 Å². The van der Waals surface area contributed by atoms with Crippen LogP contribution in [0.3, 0.4) is 0 Å². The fourth-order valence-corrected chi connectivity index (χ4v) is 2.20. The number of aryl methyl sites for hydroxylation is 1. The van der Waals surface area contributed by atoms with E-state index < -0.39 is 5.97 Å². The third-order valence-corrected chi connectivity index (χ3v) is 3.36. The predicted octanol–water partition coefficient (Wildman–Crippen LogP) is 1.41. The van der Waals surface area contributed by atoms with Crippen LogP contribution in [0.25, 0.3) is 0 Å². The number of ether oxygens (including phenoxy) is 1. The first-order valence-corrected chi connectivity index (χ1v) is 5.96. The SMILES string of the molecule is COC(=O)CCNCc1cc(C(=O)O)sc1C. The smallest absolute Gasteiger partial charge is 0.345 e. The molecule has 1 rings (SSSR count). The lowest BCUT2D eigenvalue weighted by molar-refractivity contribution is -0.140. The quantitative estimate of drug-likeness (QED) is 0.595. The molecule has 1 aromatic rings. The minimum absolute atomic E-state index is 0.259. The lowest BCUT2D eigenvalue weighted by Gasteiger charge is -2.03. The van der Waals surface area contributed by atoms with Crippen LogP contribution in [0.4, 0.5) is 0 Å². The molecule has 0 radical (unpaired) electrons. The van der Waals surface area contributed by atoms with Gasteiger partial charge in [0.15, 0.2) is 0 Å². The van der Waals surface area contributed by atoms with Gasteiger partial charge in [-0.25, -0.2) is 4.79 Å². The molecule has 0 atom stereocenters. The average molecular weight is 257 g/mol. The summed E-state index contributed by atoms with van der Waals surface area (Å²) in [5.74, 6) is -1.16. The van der Waals surface area contributed by atoms with E-state index in [2.05, 4.69) is 10.1 Å². The Morgan fingerprint density at radius 2 is 2.24 bits per heavy atom. The number of carboxylic acids is 1. The third kappa shape index (κ3) is 4.16. The second-order valence-electron chi connectivity index (χ2n) is 3.50. The van der Waals surface area contributed by atoms with Crippen LogP contribution in [0, 0.1) is 6.92 Å². The number of thiophene rings is 1. The molecule has 0 fully saturated rings. The largest absolute Gasteiger partial charge is 0.477 e.